The third-order valence-corrected chi connectivity index (χ3v) is 4.45. The van der Waals surface area contributed by atoms with Crippen LogP contribution in [0.3, 0.4) is 0 Å². The summed E-state index contributed by atoms with van der Waals surface area (Å²) in [5.74, 6) is -0.303. The van der Waals surface area contributed by atoms with Gasteiger partial charge in [0.2, 0.25) is 0 Å². The summed E-state index contributed by atoms with van der Waals surface area (Å²) in [5, 5.41) is 3.30. The first kappa shape index (κ1) is 15.8. The molecule has 2 rings (SSSR count). The first-order chi connectivity index (χ1) is 9.38. The fourth-order valence-corrected chi connectivity index (χ4v) is 4.22. The van der Waals surface area contributed by atoms with Crippen LogP contribution in [0.4, 0.5) is 11.4 Å². The Hall–Kier alpha value is -0.560. The molecule has 2 aromatic carbocycles. The third-order valence-electron chi connectivity index (χ3n) is 2.50. The molecule has 3 N–H and O–H groups in total. The lowest BCUT2D eigenvalue weighted by atomic mass is 10.1. The van der Waals surface area contributed by atoms with Crippen LogP contribution in [0, 0.1) is 0 Å². The molecular formula is C13H8Br3ClN2O. The maximum atomic E-state index is 12.2. The molecule has 0 atom stereocenters. The molecule has 0 heterocycles. The second kappa shape index (κ2) is 6.47. The van der Waals surface area contributed by atoms with Crippen LogP contribution >= 0.6 is 59.4 Å². The Labute approximate surface area is 146 Å². The van der Waals surface area contributed by atoms with Gasteiger partial charge in [0.25, 0.3) is 5.91 Å². The van der Waals surface area contributed by atoms with Gasteiger partial charge < -0.3 is 11.1 Å². The Morgan fingerprint density at radius 1 is 1.10 bits per heavy atom. The second-order valence-electron chi connectivity index (χ2n) is 3.93. The maximum Gasteiger partial charge on any atom is 0.257 e. The van der Waals surface area contributed by atoms with E-state index >= 15 is 0 Å². The number of rotatable bonds is 2. The number of anilines is 2. The van der Waals surface area contributed by atoms with Gasteiger partial charge in [-0.3, -0.25) is 4.79 Å². The van der Waals surface area contributed by atoms with Gasteiger partial charge in [-0.1, -0.05) is 27.5 Å². The van der Waals surface area contributed by atoms with E-state index in [0.717, 1.165) is 13.4 Å². The van der Waals surface area contributed by atoms with Crippen molar-refractivity contribution < 1.29 is 4.79 Å². The van der Waals surface area contributed by atoms with Gasteiger partial charge in [0.1, 0.15) is 0 Å². The fraction of sp³-hybridized carbons (Fsp3) is 0. The zero-order valence-electron chi connectivity index (χ0n) is 9.88. The van der Waals surface area contributed by atoms with E-state index in [1.165, 1.54) is 0 Å². The average molecular weight is 483 g/mol. The van der Waals surface area contributed by atoms with Crippen molar-refractivity contribution in [2.45, 2.75) is 0 Å². The van der Waals surface area contributed by atoms with Crippen molar-refractivity contribution in [3.63, 3.8) is 0 Å². The van der Waals surface area contributed by atoms with Crippen LogP contribution < -0.4 is 11.1 Å². The highest BCUT2D eigenvalue weighted by atomic mass is 79.9. The number of hydrogen-bond acceptors (Lipinski definition) is 2. The van der Waals surface area contributed by atoms with Crippen molar-refractivity contribution >= 4 is 76.7 Å². The topological polar surface area (TPSA) is 55.1 Å². The Kier molecular flexibility index (Phi) is 5.12. The van der Waals surface area contributed by atoms with Crippen molar-refractivity contribution in [3.05, 3.63) is 54.3 Å². The lowest BCUT2D eigenvalue weighted by Crippen LogP contribution is -2.14. The number of carbonyl (C=O) groups is 1. The highest BCUT2D eigenvalue weighted by Crippen LogP contribution is 2.35. The van der Waals surface area contributed by atoms with Gasteiger partial charge in [0.05, 0.1) is 11.3 Å². The highest BCUT2D eigenvalue weighted by molar-refractivity contribution is 9.11. The second-order valence-corrected chi connectivity index (χ2v) is 6.99. The first-order valence-corrected chi connectivity index (χ1v) is 8.15. The number of nitrogens with one attached hydrogen (secondary N) is 1. The molecule has 0 spiro atoms. The van der Waals surface area contributed by atoms with Crippen LogP contribution in [0.1, 0.15) is 10.4 Å². The van der Waals surface area contributed by atoms with Crippen molar-refractivity contribution in [2.24, 2.45) is 0 Å². The van der Waals surface area contributed by atoms with Gasteiger partial charge in [0.15, 0.2) is 0 Å². The zero-order chi connectivity index (χ0) is 14.9. The van der Waals surface area contributed by atoms with Crippen LogP contribution in [0.2, 0.25) is 5.02 Å². The summed E-state index contributed by atoms with van der Waals surface area (Å²) in [6.07, 6.45) is 0. The molecule has 20 heavy (non-hydrogen) atoms. The normalized spacial score (nSPS) is 10.4. The number of nitrogens with two attached hydrogens (primary N) is 1. The third kappa shape index (κ3) is 3.55. The average Bonchev–Trinajstić information content (AvgIpc) is 2.33. The quantitative estimate of drug-likeness (QED) is 0.558. The molecule has 2 aromatic rings. The highest BCUT2D eigenvalue weighted by Gasteiger charge is 2.14. The van der Waals surface area contributed by atoms with E-state index in [-0.39, 0.29) is 5.91 Å². The maximum absolute atomic E-state index is 12.2. The van der Waals surface area contributed by atoms with Crippen LogP contribution in [0.15, 0.2) is 43.7 Å². The fourth-order valence-electron chi connectivity index (χ4n) is 1.58. The lowest BCUT2D eigenvalue weighted by Gasteiger charge is -2.11. The molecule has 7 heteroatoms. The van der Waals surface area contributed by atoms with Crippen molar-refractivity contribution in [1.29, 1.82) is 0 Å². The molecule has 0 aliphatic rings. The SMILES string of the molecule is Nc1cc(Cl)ccc1C(=O)Nc1c(Br)cc(Br)cc1Br. The zero-order valence-corrected chi connectivity index (χ0v) is 15.4. The Balaban J connectivity index is 2.33. The molecule has 0 bridgehead atoms. The minimum atomic E-state index is -0.303. The molecule has 0 saturated carbocycles. The van der Waals surface area contributed by atoms with Gasteiger partial charge >= 0.3 is 0 Å². The van der Waals surface area contributed by atoms with Crippen molar-refractivity contribution in [3.8, 4) is 0 Å². The minimum absolute atomic E-state index is 0.303. The molecule has 0 saturated heterocycles. The van der Waals surface area contributed by atoms with Gasteiger partial charge in [-0.05, 0) is 62.2 Å². The molecule has 0 fully saturated rings. The predicted molar refractivity (Wildman–Crippen MR) is 93.4 cm³/mol. The molecule has 0 aliphatic carbocycles. The largest absolute Gasteiger partial charge is 0.398 e. The molecular weight excluding hydrogens is 475 g/mol. The smallest absolute Gasteiger partial charge is 0.257 e. The number of nitrogen functional groups attached to an aromatic ring is 1. The van der Waals surface area contributed by atoms with E-state index < -0.39 is 0 Å². The summed E-state index contributed by atoms with van der Waals surface area (Å²) < 4.78 is 2.39. The van der Waals surface area contributed by atoms with Crippen LogP contribution in [-0.2, 0) is 0 Å². The van der Waals surface area contributed by atoms with Gasteiger partial charge in [0, 0.05) is 24.1 Å². The summed E-state index contributed by atoms with van der Waals surface area (Å²) in [6, 6.07) is 8.44. The molecule has 1 amide bonds. The molecule has 0 radical (unpaired) electrons. The molecule has 0 unspecified atom stereocenters. The standard InChI is InChI=1S/C13H8Br3ClN2O/c14-6-3-9(15)12(10(16)4-6)19-13(20)8-2-1-7(17)5-11(8)18/h1-5H,18H2,(H,19,20). The monoisotopic (exact) mass is 480 g/mol. The summed E-state index contributed by atoms with van der Waals surface area (Å²) in [7, 11) is 0. The Morgan fingerprint density at radius 3 is 2.25 bits per heavy atom. The lowest BCUT2D eigenvalue weighted by molar-refractivity contribution is 0.102. The Bertz CT molecular complexity index is 668. The number of carbonyl (C=O) groups excluding carboxylic acids is 1. The van der Waals surface area contributed by atoms with Crippen LogP contribution in [0.25, 0.3) is 0 Å². The molecule has 0 aliphatic heterocycles. The molecule has 0 aromatic heterocycles. The van der Waals surface area contributed by atoms with E-state index in [0.29, 0.717) is 22.0 Å². The van der Waals surface area contributed by atoms with Crippen molar-refractivity contribution in [1.82, 2.24) is 0 Å². The van der Waals surface area contributed by atoms with Crippen LogP contribution in [-0.4, -0.2) is 5.91 Å². The molecule has 3 nitrogen and oxygen atoms in total. The first-order valence-electron chi connectivity index (χ1n) is 5.39. The number of halogens is 4. The minimum Gasteiger partial charge on any atom is -0.398 e. The van der Waals surface area contributed by atoms with E-state index in [2.05, 4.69) is 53.1 Å². The van der Waals surface area contributed by atoms with E-state index in [4.69, 9.17) is 17.3 Å². The van der Waals surface area contributed by atoms with E-state index in [1.54, 1.807) is 18.2 Å². The van der Waals surface area contributed by atoms with Crippen LogP contribution in [0.5, 0.6) is 0 Å². The van der Waals surface area contributed by atoms with Gasteiger partial charge in [-0.2, -0.15) is 0 Å². The van der Waals surface area contributed by atoms with Gasteiger partial charge in [-0.15, -0.1) is 0 Å². The number of amides is 1. The van der Waals surface area contributed by atoms with E-state index in [9.17, 15) is 4.79 Å². The summed E-state index contributed by atoms with van der Waals surface area (Å²) in [4.78, 5) is 12.2. The van der Waals surface area contributed by atoms with Crippen molar-refractivity contribution in [2.75, 3.05) is 11.1 Å². The predicted octanol–water partition coefficient (Wildman–Crippen LogP) is 5.46. The molecule has 104 valence electrons. The number of hydrogen-bond donors (Lipinski definition) is 2. The summed E-state index contributed by atoms with van der Waals surface area (Å²) in [6.45, 7) is 0. The van der Waals surface area contributed by atoms with Gasteiger partial charge in [-0.25, -0.2) is 0 Å². The number of benzene rings is 2. The van der Waals surface area contributed by atoms with E-state index in [1.807, 2.05) is 12.1 Å². The Morgan fingerprint density at radius 2 is 1.70 bits per heavy atom. The summed E-state index contributed by atoms with van der Waals surface area (Å²) >= 11 is 16.0. The summed E-state index contributed by atoms with van der Waals surface area (Å²) in [5.41, 5.74) is 7.14.